The maximum atomic E-state index is 10.0. The van der Waals surface area contributed by atoms with Crippen molar-refractivity contribution < 1.29 is 5.11 Å². The van der Waals surface area contributed by atoms with Crippen LogP contribution in [-0.4, -0.2) is 11.7 Å². The van der Waals surface area contributed by atoms with Crippen molar-refractivity contribution in [2.45, 2.75) is 13.0 Å². The Labute approximate surface area is 113 Å². The van der Waals surface area contributed by atoms with Crippen LogP contribution in [-0.2, 0) is 0 Å². The molecule has 19 heavy (non-hydrogen) atoms. The monoisotopic (exact) mass is 252 g/mol. The molecule has 2 aromatic carbocycles. The van der Waals surface area contributed by atoms with Gasteiger partial charge in [-0.15, -0.1) is 0 Å². The van der Waals surface area contributed by atoms with Crippen LogP contribution in [0.4, 0.5) is 5.69 Å². The fraction of sp³-hybridized carbons (Fsp3) is 0.188. The summed E-state index contributed by atoms with van der Waals surface area (Å²) in [6.07, 6.45) is -0.544. The average molecular weight is 252 g/mol. The van der Waals surface area contributed by atoms with E-state index in [0.717, 1.165) is 16.8 Å². The second kappa shape index (κ2) is 6.03. The van der Waals surface area contributed by atoms with Crippen LogP contribution >= 0.6 is 0 Å². The van der Waals surface area contributed by atoms with E-state index in [1.807, 2.05) is 49.4 Å². The molecule has 0 aliphatic heterocycles. The Hall–Kier alpha value is -2.31. The van der Waals surface area contributed by atoms with Gasteiger partial charge in [-0.05, 0) is 36.2 Å². The molecule has 0 heterocycles. The molecule has 0 aromatic heterocycles. The van der Waals surface area contributed by atoms with Gasteiger partial charge in [-0.2, -0.15) is 5.26 Å². The van der Waals surface area contributed by atoms with Gasteiger partial charge in [0.25, 0.3) is 0 Å². The lowest BCUT2D eigenvalue weighted by molar-refractivity contribution is 0.191. The van der Waals surface area contributed by atoms with E-state index < -0.39 is 6.10 Å². The van der Waals surface area contributed by atoms with Gasteiger partial charge in [-0.25, -0.2) is 0 Å². The van der Waals surface area contributed by atoms with E-state index in [0.29, 0.717) is 12.1 Å². The molecule has 96 valence electrons. The molecular formula is C16H16N2O. The van der Waals surface area contributed by atoms with Gasteiger partial charge in [0.15, 0.2) is 0 Å². The molecule has 1 unspecified atom stereocenters. The van der Waals surface area contributed by atoms with Crippen molar-refractivity contribution in [2.75, 3.05) is 11.9 Å². The zero-order valence-electron chi connectivity index (χ0n) is 10.8. The van der Waals surface area contributed by atoms with Gasteiger partial charge in [0.05, 0.1) is 17.7 Å². The number of anilines is 1. The van der Waals surface area contributed by atoms with Crippen LogP contribution in [0.15, 0.2) is 48.5 Å². The molecule has 2 rings (SSSR count). The predicted molar refractivity (Wildman–Crippen MR) is 75.8 cm³/mol. The SMILES string of the molecule is Cc1cc(NCC(O)c2ccccc2)ccc1C#N. The number of aliphatic hydroxyl groups excluding tert-OH is 1. The molecule has 0 amide bonds. The molecule has 0 saturated carbocycles. The zero-order chi connectivity index (χ0) is 13.7. The minimum atomic E-state index is -0.544. The van der Waals surface area contributed by atoms with E-state index in [1.54, 1.807) is 6.07 Å². The number of nitriles is 1. The second-order valence-corrected chi connectivity index (χ2v) is 4.45. The third-order valence-electron chi connectivity index (χ3n) is 3.03. The highest BCUT2D eigenvalue weighted by Crippen LogP contribution is 2.17. The minimum Gasteiger partial charge on any atom is -0.387 e. The summed E-state index contributed by atoms with van der Waals surface area (Å²) in [5, 5.41) is 22.1. The van der Waals surface area contributed by atoms with Gasteiger partial charge in [0.1, 0.15) is 0 Å². The highest BCUT2D eigenvalue weighted by molar-refractivity contribution is 5.51. The van der Waals surface area contributed by atoms with E-state index in [9.17, 15) is 5.11 Å². The van der Waals surface area contributed by atoms with Gasteiger partial charge in [0.2, 0.25) is 0 Å². The lowest BCUT2D eigenvalue weighted by Crippen LogP contribution is -2.12. The zero-order valence-corrected chi connectivity index (χ0v) is 10.8. The molecule has 0 saturated heterocycles. The van der Waals surface area contributed by atoms with E-state index in [1.165, 1.54) is 0 Å². The second-order valence-electron chi connectivity index (χ2n) is 4.45. The first kappa shape index (κ1) is 13.1. The first-order chi connectivity index (χ1) is 9.20. The van der Waals surface area contributed by atoms with Crippen molar-refractivity contribution >= 4 is 5.69 Å². The van der Waals surface area contributed by atoms with Gasteiger partial charge in [0, 0.05) is 12.2 Å². The van der Waals surface area contributed by atoms with Crippen molar-refractivity contribution in [3.63, 3.8) is 0 Å². The molecule has 0 radical (unpaired) electrons. The molecule has 0 bridgehead atoms. The molecule has 0 aliphatic rings. The Morgan fingerprint density at radius 3 is 2.58 bits per heavy atom. The molecule has 3 heteroatoms. The third-order valence-corrected chi connectivity index (χ3v) is 3.03. The maximum absolute atomic E-state index is 10.0. The molecule has 3 nitrogen and oxygen atoms in total. The van der Waals surface area contributed by atoms with Gasteiger partial charge < -0.3 is 10.4 Å². The Morgan fingerprint density at radius 2 is 1.95 bits per heavy atom. The standard InChI is InChI=1S/C16H16N2O/c1-12-9-15(8-7-14(12)10-17)18-11-16(19)13-5-3-2-4-6-13/h2-9,16,18-19H,11H2,1H3. The minimum absolute atomic E-state index is 0.440. The lowest BCUT2D eigenvalue weighted by Gasteiger charge is -2.13. The van der Waals surface area contributed by atoms with Crippen molar-refractivity contribution in [2.24, 2.45) is 0 Å². The Kier molecular flexibility index (Phi) is 4.17. The highest BCUT2D eigenvalue weighted by atomic mass is 16.3. The quantitative estimate of drug-likeness (QED) is 0.879. The van der Waals surface area contributed by atoms with Crippen LogP contribution in [0.2, 0.25) is 0 Å². The molecule has 0 spiro atoms. The molecule has 1 atom stereocenters. The summed E-state index contributed by atoms with van der Waals surface area (Å²) >= 11 is 0. The summed E-state index contributed by atoms with van der Waals surface area (Å²) in [6, 6.07) is 17.2. The van der Waals surface area contributed by atoms with Crippen LogP contribution in [0, 0.1) is 18.3 Å². The summed E-state index contributed by atoms with van der Waals surface area (Å²) in [7, 11) is 0. The maximum Gasteiger partial charge on any atom is 0.0994 e. The molecular weight excluding hydrogens is 236 g/mol. The molecule has 2 aromatic rings. The van der Waals surface area contributed by atoms with E-state index in [-0.39, 0.29) is 0 Å². The largest absolute Gasteiger partial charge is 0.387 e. The van der Waals surface area contributed by atoms with Gasteiger partial charge >= 0.3 is 0 Å². The van der Waals surface area contributed by atoms with Crippen LogP contribution in [0.1, 0.15) is 22.8 Å². The van der Waals surface area contributed by atoms with Crippen LogP contribution in [0.25, 0.3) is 0 Å². The summed E-state index contributed by atoms with van der Waals surface area (Å²) in [4.78, 5) is 0. The van der Waals surface area contributed by atoms with Gasteiger partial charge in [-0.3, -0.25) is 0 Å². The van der Waals surface area contributed by atoms with Crippen molar-refractivity contribution in [3.05, 3.63) is 65.2 Å². The number of rotatable bonds is 4. The number of nitrogens with zero attached hydrogens (tertiary/aromatic N) is 1. The summed E-state index contributed by atoms with van der Waals surface area (Å²) in [6.45, 7) is 2.34. The molecule has 0 aliphatic carbocycles. The number of benzene rings is 2. The summed E-state index contributed by atoms with van der Waals surface area (Å²) < 4.78 is 0. The average Bonchev–Trinajstić information content (AvgIpc) is 2.46. The Balaban J connectivity index is 2.00. The van der Waals surface area contributed by atoms with Gasteiger partial charge in [-0.1, -0.05) is 30.3 Å². The smallest absolute Gasteiger partial charge is 0.0994 e. The van der Waals surface area contributed by atoms with Crippen molar-refractivity contribution in [3.8, 4) is 6.07 Å². The first-order valence-corrected chi connectivity index (χ1v) is 6.18. The third kappa shape index (κ3) is 3.34. The van der Waals surface area contributed by atoms with Crippen LogP contribution in [0.5, 0.6) is 0 Å². The number of aryl methyl sites for hydroxylation is 1. The van der Waals surface area contributed by atoms with E-state index in [4.69, 9.17) is 5.26 Å². The van der Waals surface area contributed by atoms with Crippen molar-refractivity contribution in [1.29, 1.82) is 5.26 Å². The number of nitrogens with one attached hydrogen (secondary N) is 1. The number of aliphatic hydroxyl groups is 1. The topological polar surface area (TPSA) is 56.0 Å². The fourth-order valence-electron chi connectivity index (χ4n) is 1.91. The van der Waals surface area contributed by atoms with Crippen molar-refractivity contribution in [1.82, 2.24) is 0 Å². The summed E-state index contributed by atoms with van der Waals surface area (Å²) in [5.41, 5.74) is 3.41. The summed E-state index contributed by atoms with van der Waals surface area (Å²) in [5.74, 6) is 0. The first-order valence-electron chi connectivity index (χ1n) is 6.18. The van der Waals surface area contributed by atoms with Crippen LogP contribution < -0.4 is 5.32 Å². The normalized spacial score (nSPS) is 11.6. The lowest BCUT2D eigenvalue weighted by atomic mass is 10.1. The fourth-order valence-corrected chi connectivity index (χ4v) is 1.91. The Morgan fingerprint density at radius 1 is 1.21 bits per heavy atom. The molecule has 2 N–H and O–H groups in total. The van der Waals surface area contributed by atoms with E-state index >= 15 is 0 Å². The van der Waals surface area contributed by atoms with E-state index in [2.05, 4.69) is 11.4 Å². The molecule has 0 fully saturated rings. The van der Waals surface area contributed by atoms with Crippen LogP contribution in [0.3, 0.4) is 0 Å². The Bertz CT molecular complexity index is 587. The number of hydrogen-bond donors (Lipinski definition) is 2. The number of hydrogen-bond acceptors (Lipinski definition) is 3. The predicted octanol–water partition coefficient (Wildman–Crippen LogP) is 3.01. The highest BCUT2D eigenvalue weighted by Gasteiger charge is 2.06.